The first-order valence-electron chi connectivity index (χ1n) is 6.67. The van der Waals surface area contributed by atoms with Gasteiger partial charge in [0.25, 0.3) is 0 Å². The topological polar surface area (TPSA) is 79.3 Å². The number of allylic oxidation sites excluding steroid dienone is 2. The molecular weight excluding hydrogens is 256 g/mol. The third-order valence-corrected chi connectivity index (χ3v) is 3.65. The van der Waals surface area contributed by atoms with Crippen molar-refractivity contribution in [2.24, 2.45) is 11.8 Å². The quantitative estimate of drug-likeness (QED) is 0.822. The number of hydrogen-bond donors (Lipinski definition) is 2. The summed E-state index contributed by atoms with van der Waals surface area (Å²) in [5, 5.41) is 12.1. The summed E-state index contributed by atoms with van der Waals surface area (Å²) in [4.78, 5) is 27.4. The van der Waals surface area contributed by atoms with Crippen LogP contribution in [0.3, 0.4) is 0 Å². The molecule has 0 aromatic carbocycles. The summed E-state index contributed by atoms with van der Waals surface area (Å²) < 4.78 is 0. The minimum Gasteiger partial charge on any atom is -0.481 e. The van der Waals surface area contributed by atoms with Gasteiger partial charge in [0, 0.05) is 12.4 Å². The van der Waals surface area contributed by atoms with Crippen molar-refractivity contribution in [3.8, 4) is 0 Å². The summed E-state index contributed by atoms with van der Waals surface area (Å²) in [6.07, 6.45) is 7.93. The standard InChI is InChI=1S/C15H18N2O3/c1-10(11-6-8-16-9-7-11)17-14(18)12-4-2-3-5-13(12)15(19)20/h2-3,6-10,12-13H,4-5H2,1H3,(H,17,18)(H,19,20)/t10-,12?,13?/m0/s1. The van der Waals surface area contributed by atoms with Gasteiger partial charge in [-0.05, 0) is 37.5 Å². The Bertz CT molecular complexity index is 513. The number of carboxylic acids is 1. The first-order chi connectivity index (χ1) is 9.59. The van der Waals surface area contributed by atoms with Crippen molar-refractivity contribution in [1.82, 2.24) is 10.3 Å². The van der Waals surface area contributed by atoms with Gasteiger partial charge in [0.15, 0.2) is 0 Å². The number of hydrogen-bond acceptors (Lipinski definition) is 3. The van der Waals surface area contributed by atoms with Gasteiger partial charge in [-0.1, -0.05) is 12.2 Å². The van der Waals surface area contributed by atoms with Crippen molar-refractivity contribution in [1.29, 1.82) is 0 Å². The molecule has 0 aliphatic heterocycles. The summed E-state index contributed by atoms with van der Waals surface area (Å²) in [5.74, 6) is -2.25. The molecule has 5 heteroatoms. The van der Waals surface area contributed by atoms with Crippen LogP contribution < -0.4 is 5.32 Å². The minimum atomic E-state index is -0.911. The van der Waals surface area contributed by atoms with Gasteiger partial charge >= 0.3 is 5.97 Å². The van der Waals surface area contributed by atoms with E-state index in [1.165, 1.54) is 0 Å². The molecule has 2 unspecified atom stereocenters. The Balaban J connectivity index is 2.04. The molecule has 0 radical (unpaired) electrons. The molecule has 2 rings (SSSR count). The maximum atomic E-state index is 12.3. The van der Waals surface area contributed by atoms with E-state index in [1.54, 1.807) is 12.4 Å². The van der Waals surface area contributed by atoms with Crippen LogP contribution in [0.4, 0.5) is 0 Å². The van der Waals surface area contributed by atoms with E-state index in [-0.39, 0.29) is 11.9 Å². The van der Waals surface area contributed by atoms with Crippen LogP contribution in [0.2, 0.25) is 0 Å². The highest BCUT2D eigenvalue weighted by atomic mass is 16.4. The third kappa shape index (κ3) is 3.23. The van der Waals surface area contributed by atoms with Crippen molar-refractivity contribution in [3.63, 3.8) is 0 Å². The fraction of sp³-hybridized carbons (Fsp3) is 0.400. The molecule has 1 aromatic heterocycles. The molecule has 0 fully saturated rings. The molecule has 0 bridgehead atoms. The van der Waals surface area contributed by atoms with Crippen LogP contribution >= 0.6 is 0 Å². The number of aromatic nitrogens is 1. The lowest BCUT2D eigenvalue weighted by Crippen LogP contribution is -2.39. The predicted octanol–water partition coefficient (Wildman–Crippen LogP) is 1.93. The van der Waals surface area contributed by atoms with Crippen LogP contribution in [-0.2, 0) is 9.59 Å². The van der Waals surface area contributed by atoms with Crippen LogP contribution in [0, 0.1) is 11.8 Å². The second-order valence-corrected chi connectivity index (χ2v) is 5.00. The van der Waals surface area contributed by atoms with E-state index < -0.39 is 17.8 Å². The number of rotatable bonds is 4. The van der Waals surface area contributed by atoms with Gasteiger partial charge < -0.3 is 10.4 Å². The normalized spacial score (nSPS) is 23.1. The highest BCUT2D eigenvalue weighted by molar-refractivity contribution is 5.85. The van der Waals surface area contributed by atoms with E-state index in [9.17, 15) is 14.7 Å². The Morgan fingerprint density at radius 2 is 1.85 bits per heavy atom. The molecular formula is C15H18N2O3. The summed E-state index contributed by atoms with van der Waals surface area (Å²) in [5.41, 5.74) is 0.951. The zero-order chi connectivity index (χ0) is 14.5. The van der Waals surface area contributed by atoms with E-state index in [0.29, 0.717) is 12.8 Å². The molecule has 5 nitrogen and oxygen atoms in total. The number of nitrogens with one attached hydrogen (secondary N) is 1. The van der Waals surface area contributed by atoms with E-state index in [4.69, 9.17) is 0 Å². The Labute approximate surface area is 117 Å². The maximum absolute atomic E-state index is 12.3. The maximum Gasteiger partial charge on any atom is 0.307 e. The van der Waals surface area contributed by atoms with Gasteiger partial charge in [-0.15, -0.1) is 0 Å². The van der Waals surface area contributed by atoms with Gasteiger partial charge in [0.05, 0.1) is 17.9 Å². The summed E-state index contributed by atoms with van der Waals surface area (Å²) >= 11 is 0. The Morgan fingerprint density at radius 1 is 1.25 bits per heavy atom. The molecule has 0 saturated carbocycles. The van der Waals surface area contributed by atoms with E-state index >= 15 is 0 Å². The van der Waals surface area contributed by atoms with Crippen LogP contribution in [0.25, 0.3) is 0 Å². The second kappa shape index (κ2) is 6.32. The lowest BCUT2D eigenvalue weighted by Gasteiger charge is -2.26. The molecule has 1 aromatic rings. The number of carboxylic acid groups (broad SMARTS) is 1. The molecule has 1 amide bonds. The van der Waals surface area contributed by atoms with E-state index in [0.717, 1.165) is 5.56 Å². The van der Waals surface area contributed by atoms with Crippen LogP contribution in [0.5, 0.6) is 0 Å². The molecule has 1 aliphatic rings. The average molecular weight is 274 g/mol. The number of amides is 1. The first-order valence-corrected chi connectivity index (χ1v) is 6.67. The van der Waals surface area contributed by atoms with Gasteiger partial charge in [-0.2, -0.15) is 0 Å². The van der Waals surface area contributed by atoms with Gasteiger partial charge in [0.1, 0.15) is 0 Å². The lowest BCUT2D eigenvalue weighted by molar-refractivity contribution is -0.147. The minimum absolute atomic E-state index is 0.161. The summed E-state index contributed by atoms with van der Waals surface area (Å²) in [7, 11) is 0. The van der Waals surface area contributed by atoms with Crippen molar-refractivity contribution in [2.45, 2.75) is 25.8 Å². The lowest BCUT2D eigenvalue weighted by atomic mass is 9.82. The van der Waals surface area contributed by atoms with Crippen molar-refractivity contribution in [3.05, 3.63) is 42.2 Å². The molecule has 3 atom stereocenters. The SMILES string of the molecule is C[C@H](NC(=O)C1CC=CCC1C(=O)O)c1ccncc1. The Morgan fingerprint density at radius 3 is 2.45 bits per heavy atom. The smallest absolute Gasteiger partial charge is 0.307 e. The highest BCUT2D eigenvalue weighted by Gasteiger charge is 2.34. The van der Waals surface area contributed by atoms with E-state index in [1.807, 2.05) is 31.2 Å². The highest BCUT2D eigenvalue weighted by Crippen LogP contribution is 2.26. The zero-order valence-electron chi connectivity index (χ0n) is 11.3. The number of pyridine rings is 1. The van der Waals surface area contributed by atoms with Crippen LogP contribution in [0.1, 0.15) is 31.4 Å². The Hall–Kier alpha value is -2.17. The average Bonchev–Trinajstić information content (AvgIpc) is 2.48. The largest absolute Gasteiger partial charge is 0.481 e. The number of aliphatic carboxylic acids is 1. The van der Waals surface area contributed by atoms with Crippen molar-refractivity contribution in [2.75, 3.05) is 0 Å². The first kappa shape index (κ1) is 14.2. The fourth-order valence-corrected chi connectivity index (χ4v) is 2.43. The molecule has 2 N–H and O–H groups in total. The third-order valence-electron chi connectivity index (χ3n) is 3.65. The molecule has 106 valence electrons. The molecule has 1 aliphatic carbocycles. The van der Waals surface area contributed by atoms with E-state index in [2.05, 4.69) is 10.3 Å². The fourth-order valence-electron chi connectivity index (χ4n) is 2.43. The number of carbonyl (C=O) groups excluding carboxylic acids is 1. The Kier molecular flexibility index (Phi) is 4.50. The molecule has 0 spiro atoms. The van der Waals surface area contributed by atoms with Gasteiger partial charge in [-0.25, -0.2) is 0 Å². The summed E-state index contributed by atoms with van der Waals surface area (Å²) in [6.45, 7) is 1.88. The molecule has 1 heterocycles. The second-order valence-electron chi connectivity index (χ2n) is 5.00. The number of carbonyl (C=O) groups is 2. The summed E-state index contributed by atoms with van der Waals surface area (Å²) in [6, 6.07) is 3.51. The molecule has 0 saturated heterocycles. The predicted molar refractivity (Wildman–Crippen MR) is 73.8 cm³/mol. The number of nitrogens with zero attached hydrogens (tertiary/aromatic N) is 1. The van der Waals surface area contributed by atoms with Crippen LogP contribution in [-0.4, -0.2) is 22.0 Å². The van der Waals surface area contributed by atoms with Crippen molar-refractivity contribution < 1.29 is 14.7 Å². The monoisotopic (exact) mass is 274 g/mol. The van der Waals surface area contributed by atoms with Gasteiger partial charge in [-0.3, -0.25) is 14.6 Å². The van der Waals surface area contributed by atoms with Crippen molar-refractivity contribution >= 4 is 11.9 Å². The molecule has 20 heavy (non-hydrogen) atoms. The zero-order valence-corrected chi connectivity index (χ0v) is 11.3. The van der Waals surface area contributed by atoms with Gasteiger partial charge in [0.2, 0.25) is 5.91 Å². The van der Waals surface area contributed by atoms with Crippen LogP contribution in [0.15, 0.2) is 36.7 Å².